The van der Waals surface area contributed by atoms with Gasteiger partial charge in [-0.15, -0.1) is 0 Å². The van der Waals surface area contributed by atoms with Crippen LogP contribution in [0.25, 0.3) is 0 Å². The normalized spacial score (nSPS) is 19.9. The van der Waals surface area contributed by atoms with Crippen molar-refractivity contribution in [3.63, 3.8) is 0 Å². The van der Waals surface area contributed by atoms with E-state index >= 15 is 0 Å². The lowest BCUT2D eigenvalue weighted by Crippen LogP contribution is -2.37. The summed E-state index contributed by atoms with van der Waals surface area (Å²) in [5, 5.41) is 0. The molecule has 7 heteroatoms. The van der Waals surface area contributed by atoms with E-state index in [0.717, 1.165) is 29.6 Å². The van der Waals surface area contributed by atoms with Gasteiger partial charge in [0.25, 0.3) is 0 Å². The maximum absolute atomic E-state index is 14.1. The number of nitrogens with zero attached hydrogens (tertiary/aromatic N) is 1. The Hall–Kier alpha value is -1.18. The first-order valence-electron chi connectivity index (χ1n) is 6.96. The molecule has 1 heterocycles. The minimum absolute atomic E-state index is 0.135. The van der Waals surface area contributed by atoms with Crippen molar-refractivity contribution < 1.29 is 17.5 Å². The Morgan fingerprint density at radius 1 is 1.43 bits per heavy atom. The Morgan fingerprint density at radius 2 is 2.14 bits per heavy atom. The van der Waals surface area contributed by atoms with Crippen LogP contribution < -0.4 is 5.73 Å². The third-order valence-corrected chi connectivity index (χ3v) is 5.49. The van der Waals surface area contributed by atoms with E-state index in [4.69, 9.17) is 10.5 Å². The van der Waals surface area contributed by atoms with E-state index in [1.165, 1.54) is 20.0 Å². The Bertz CT molecular complexity index is 613. The number of nitrogens with two attached hydrogens (primary N) is 1. The topological polar surface area (TPSA) is 72.6 Å². The molecule has 2 rings (SSSR count). The molecule has 2 N–H and O–H groups in total. The summed E-state index contributed by atoms with van der Waals surface area (Å²) in [6.45, 7) is 2.36. The molecule has 0 amide bonds. The Balaban J connectivity index is 2.24. The van der Waals surface area contributed by atoms with Crippen molar-refractivity contribution in [2.75, 3.05) is 25.9 Å². The second-order valence-electron chi connectivity index (χ2n) is 5.42. The second-order valence-corrected chi connectivity index (χ2v) is 7.44. The van der Waals surface area contributed by atoms with Crippen LogP contribution in [0.1, 0.15) is 24.8 Å². The zero-order chi connectivity index (χ0) is 15.6. The highest BCUT2D eigenvalue weighted by atomic mass is 32.2. The maximum atomic E-state index is 14.1. The van der Waals surface area contributed by atoms with Crippen LogP contribution in [0.3, 0.4) is 0 Å². The van der Waals surface area contributed by atoms with E-state index < -0.39 is 15.8 Å². The second kappa shape index (κ2) is 6.29. The summed E-state index contributed by atoms with van der Waals surface area (Å²) in [5.74, 6) is -0.749. The number of hydrogen-bond donors (Lipinski definition) is 1. The summed E-state index contributed by atoms with van der Waals surface area (Å²) in [4.78, 5) is -0.377. The van der Waals surface area contributed by atoms with Gasteiger partial charge >= 0.3 is 0 Å². The van der Waals surface area contributed by atoms with Crippen LogP contribution in [-0.4, -0.2) is 39.0 Å². The van der Waals surface area contributed by atoms with Crippen molar-refractivity contribution in [3.8, 4) is 0 Å². The van der Waals surface area contributed by atoms with Crippen LogP contribution in [0.15, 0.2) is 17.0 Å². The van der Waals surface area contributed by atoms with Crippen molar-refractivity contribution in [3.05, 3.63) is 23.5 Å². The third kappa shape index (κ3) is 3.53. The number of halogens is 1. The van der Waals surface area contributed by atoms with E-state index in [-0.39, 0.29) is 28.8 Å². The molecule has 1 aliphatic rings. The first-order chi connectivity index (χ1) is 9.82. The van der Waals surface area contributed by atoms with Gasteiger partial charge in [0.2, 0.25) is 10.0 Å². The van der Waals surface area contributed by atoms with E-state index in [1.807, 2.05) is 0 Å². The largest absolute Gasteiger partial charge is 0.399 e. The number of sulfonamides is 1. The molecule has 118 valence electrons. The quantitative estimate of drug-likeness (QED) is 0.861. The van der Waals surface area contributed by atoms with Crippen LogP contribution in [0, 0.1) is 12.7 Å². The molecule has 0 radical (unpaired) electrons. The molecular weight excluding hydrogens is 295 g/mol. The van der Waals surface area contributed by atoms with Crippen molar-refractivity contribution in [2.45, 2.75) is 37.2 Å². The molecule has 1 unspecified atom stereocenters. The number of rotatable bonds is 4. The van der Waals surface area contributed by atoms with Gasteiger partial charge < -0.3 is 10.5 Å². The lowest BCUT2D eigenvalue weighted by Gasteiger charge is -2.27. The predicted molar refractivity (Wildman–Crippen MR) is 79.0 cm³/mol. The number of likely N-dealkylation sites (N-methyl/N-ethyl adjacent to an activating group) is 1. The van der Waals surface area contributed by atoms with Crippen molar-refractivity contribution in [2.24, 2.45) is 0 Å². The first-order valence-corrected chi connectivity index (χ1v) is 8.40. The third-order valence-electron chi connectivity index (χ3n) is 3.67. The van der Waals surface area contributed by atoms with Gasteiger partial charge in [-0.2, -0.15) is 4.31 Å². The summed E-state index contributed by atoms with van der Waals surface area (Å²) < 4.78 is 45.8. The molecule has 0 aromatic heterocycles. The fourth-order valence-electron chi connectivity index (χ4n) is 2.46. The van der Waals surface area contributed by atoms with Crippen LogP contribution >= 0.6 is 0 Å². The van der Waals surface area contributed by atoms with Gasteiger partial charge in [-0.25, -0.2) is 12.8 Å². The van der Waals surface area contributed by atoms with Crippen molar-refractivity contribution in [1.29, 1.82) is 0 Å². The van der Waals surface area contributed by atoms with Gasteiger partial charge in [-0.3, -0.25) is 0 Å². The summed E-state index contributed by atoms with van der Waals surface area (Å²) in [7, 11) is -2.48. The summed E-state index contributed by atoms with van der Waals surface area (Å²) >= 11 is 0. The number of ether oxygens (including phenoxy) is 1. The lowest BCUT2D eigenvalue weighted by atomic mass is 10.1. The van der Waals surface area contributed by atoms with Gasteiger partial charge in [-0.05, 0) is 43.9 Å². The average Bonchev–Trinajstić information content (AvgIpc) is 2.43. The minimum Gasteiger partial charge on any atom is -0.399 e. The maximum Gasteiger partial charge on any atom is 0.245 e. The molecule has 0 spiro atoms. The number of hydrogen-bond acceptors (Lipinski definition) is 4. The molecule has 5 nitrogen and oxygen atoms in total. The molecule has 1 saturated heterocycles. The molecule has 1 fully saturated rings. The smallest absolute Gasteiger partial charge is 0.245 e. The zero-order valence-corrected chi connectivity index (χ0v) is 13.1. The molecular formula is C14H21FN2O3S. The molecule has 0 bridgehead atoms. The number of aryl methyl sites for hydroxylation is 1. The summed E-state index contributed by atoms with van der Waals surface area (Å²) in [6, 6.07) is 2.58. The van der Waals surface area contributed by atoms with Gasteiger partial charge in [0.1, 0.15) is 10.7 Å². The van der Waals surface area contributed by atoms with Gasteiger partial charge in [0.05, 0.1) is 6.10 Å². The average molecular weight is 316 g/mol. The minimum atomic E-state index is -3.92. The fourth-order valence-corrected chi connectivity index (χ4v) is 3.83. The zero-order valence-electron chi connectivity index (χ0n) is 12.3. The molecule has 21 heavy (non-hydrogen) atoms. The number of nitrogen functional groups attached to an aromatic ring is 1. The van der Waals surface area contributed by atoms with E-state index in [9.17, 15) is 12.8 Å². The van der Waals surface area contributed by atoms with Crippen molar-refractivity contribution >= 4 is 15.7 Å². The molecule has 1 aliphatic heterocycles. The summed E-state index contributed by atoms with van der Waals surface area (Å²) in [5.41, 5.74) is 6.08. The van der Waals surface area contributed by atoms with Crippen LogP contribution in [0.4, 0.5) is 10.1 Å². The van der Waals surface area contributed by atoms with Gasteiger partial charge in [0, 0.05) is 25.9 Å². The highest BCUT2D eigenvalue weighted by molar-refractivity contribution is 7.89. The summed E-state index contributed by atoms with van der Waals surface area (Å²) in [6.07, 6.45) is 2.70. The molecule has 1 atom stereocenters. The monoisotopic (exact) mass is 316 g/mol. The Morgan fingerprint density at radius 3 is 2.76 bits per heavy atom. The molecule has 0 aliphatic carbocycles. The van der Waals surface area contributed by atoms with Gasteiger partial charge in [-0.1, -0.05) is 0 Å². The highest BCUT2D eigenvalue weighted by Crippen LogP contribution is 2.25. The number of anilines is 1. The number of benzene rings is 1. The predicted octanol–water partition coefficient (Wildman–Crippen LogP) is 1.91. The van der Waals surface area contributed by atoms with Crippen molar-refractivity contribution in [1.82, 2.24) is 4.31 Å². The van der Waals surface area contributed by atoms with Crippen LogP contribution in [0.5, 0.6) is 0 Å². The molecule has 1 aromatic rings. The van der Waals surface area contributed by atoms with E-state index in [0.29, 0.717) is 6.61 Å². The Kier molecular flexibility index (Phi) is 4.85. The SMILES string of the molecule is Cc1cc(N)cc(S(=O)(=O)N(C)CC2CCCCO2)c1F. The molecule has 1 aromatic carbocycles. The van der Waals surface area contributed by atoms with Gasteiger partial charge in [0.15, 0.2) is 0 Å². The molecule has 0 saturated carbocycles. The standard InChI is InChI=1S/C14H21FN2O3S/c1-10-7-11(16)8-13(14(10)15)21(18,19)17(2)9-12-5-3-4-6-20-12/h7-8,12H,3-6,9,16H2,1-2H3. The van der Waals surface area contributed by atoms with E-state index in [1.54, 1.807) is 0 Å². The van der Waals surface area contributed by atoms with E-state index in [2.05, 4.69) is 0 Å². The van der Waals surface area contributed by atoms with Crippen LogP contribution in [-0.2, 0) is 14.8 Å². The fraction of sp³-hybridized carbons (Fsp3) is 0.571. The first kappa shape index (κ1) is 16.2. The van der Waals surface area contributed by atoms with Crippen LogP contribution in [0.2, 0.25) is 0 Å². The lowest BCUT2D eigenvalue weighted by molar-refractivity contribution is 0.00856. The Labute approximate surface area is 124 Å². The highest BCUT2D eigenvalue weighted by Gasteiger charge is 2.28.